The predicted molar refractivity (Wildman–Crippen MR) is 366 cm³/mol. The van der Waals surface area contributed by atoms with Crippen molar-refractivity contribution in [2.45, 2.75) is 261 Å². The smallest absolute Gasteiger partial charge is 0.270 e. The van der Waals surface area contributed by atoms with Crippen molar-refractivity contribution in [1.82, 2.24) is 50.0 Å². The standard InChI is InChI=1S/C71H126N10O14/c1-24-26-27-30-47(13)62-61-64(85)73-53(25-2)68(89)74(18)50(16)66(87)79(23)60(51(17)94-34-29-28-31-80-32-35-93-36-33-80)58(83)41-52(45(9)10)67(88)75(19)54(37-42(3)4)57(82)40-48(14)63(84)72-49(15)65(86)76(20)55(38-43(5)6)69(90)77(21)56(39-44(7)8)70(91)78(22)59(46(11)12)71(92)81(61)95-62/h42-56,59-62H,24-41H2,1-23H3,(H,72,84)(H,73,85)/t47-,48-,49-,50-,51-,52+,53+,54+,55+,56+,59+,60+,61+,62-/m1/s1. The minimum Gasteiger partial charge on any atom is -0.379 e. The highest BCUT2D eigenvalue weighted by Gasteiger charge is 2.55. The van der Waals surface area contributed by atoms with Crippen molar-refractivity contribution in [2.75, 3.05) is 81.7 Å². The van der Waals surface area contributed by atoms with E-state index < -0.39 is 155 Å². The van der Waals surface area contributed by atoms with Crippen molar-refractivity contribution in [1.29, 1.82) is 0 Å². The average molecular weight is 1340 g/mol. The van der Waals surface area contributed by atoms with E-state index >= 15 is 28.8 Å². The van der Waals surface area contributed by atoms with E-state index in [4.69, 9.17) is 14.3 Å². The second-order valence-corrected chi connectivity index (χ2v) is 29.6. The molecule has 0 spiro atoms. The number of hydrogen-bond donors (Lipinski definition) is 2. The number of amides is 9. The molecule has 3 fully saturated rings. The molecule has 0 aromatic carbocycles. The second-order valence-electron chi connectivity index (χ2n) is 29.6. The Labute approximate surface area is 570 Å². The first-order chi connectivity index (χ1) is 44.4. The zero-order valence-electron chi connectivity index (χ0n) is 62.5. The van der Waals surface area contributed by atoms with Crippen LogP contribution in [0.5, 0.6) is 0 Å². The second kappa shape index (κ2) is 39.1. The van der Waals surface area contributed by atoms with Crippen LogP contribution in [-0.4, -0.2) is 252 Å². The summed E-state index contributed by atoms with van der Waals surface area (Å²) in [5.41, 5.74) is 0. The van der Waals surface area contributed by atoms with E-state index in [0.717, 1.165) is 50.4 Å². The van der Waals surface area contributed by atoms with Crippen molar-refractivity contribution in [3.63, 3.8) is 0 Å². The highest BCUT2D eigenvalue weighted by molar-refractivity contribution is 6.00. The molecule has 95 heavy (non-hydrogen) atoms. The highest BCUT2D eigenvalue weighted by atomic mass is 16.7. The molecule has 3 aliphatic rings. The van der Waals surface area contributed by atoms with Crippen molar-refractivity contribution in [3.05, 3.63) is 0 Å². The van der Waals surface area contributed by atoms with Gasteiger partial charge in [0.25, 0.3) is 5.91 Å². The molecule has 24 nitrogen and oxygen atoms in total. The summed E-state index contributed by atoms with van der Waals surface area (Å²) in [5.74, 6) is -9.81. The normalized spacial score (nSPS) is 28.5. The number of Topliss-reactive ketones (excluding diaryl/α,β-unsaturated/α-hetero) is 2. The third-order valence-electron chi connectivity index (χ3n) is 19.7. The Morgan fingerprint density at radius 2 is 1.04 bits per heavy atom. The van der Waals surface area contributed by atoms with Gasteiger partial charge in [-0.15, -0.1) is 0 Å². The number of likely N-dealkylation sites (N-methyl/N-ethyl adjacent to an activating group) is 6. The molecular weight excluding hydrogens is 1220 g/mol. The van der Waals surface area contributed by atoms with Crippen LogP contribution in [0.4, 0.5) is 0 Å². The lowest BCUT2D eigenvalue weighted by atomic mass is 9.85. The molecule has 24 heteroatoms. The van der Waals surface area contributed by atoms with Gasteiger partial charge in [0, 0.05) is 86.7 Å². The molecule has 14 atom stereocenters. The van der Waals surface area contributed by atoms with E-state index in [0.29, 0.717) is 26.1 Å². The number of carbonyl (C=O) groups excluding carboxylic acids is 11. The molecular formula is C71H126N10O14. The maximum absolute atomic E-state index is 15.2. The summed E-state index contributed by atoms with van der Waals surface area (Å²) in [5, 5.41) is 6.68. The van der Waals surface area contributed by atoms with Crippen molar-refractivity contribution in [3.8, 4) is 0 Å². The van der Waals surface area contributed by atoms with Crippen LogP contribution in [0.15, 0.2) is 0 Å². The van der Waals surface area contributed by atoms with E-state index in [9.17, 15) is 24.0 Å². The number of rotatable bonds is 21. The van der Waals surface area contributed by atoms with Crippen molar-refractivity contribution in [2.24, 2.45) is 47.3 Å². The van der Waals surface area contributed by atoms with E-state index in [-0.39, 0.29) is 68.8 Å². The van der Waals surface area contributed by atoms with Crippen LogP contribution in [0, 0.1) is 47.3 Å². The van der Waals surface area contributed by atoms with Crippen molar-refractivity contribution < 1.29 is 67.1 Å². The van der Waals surface area contributed by atoms with E-state index in [1.807, 2.05) is 62.3 Å². The van der Waals surface area contributed by atoms with E-state index in [2.05, 4.69) is 22.5 Å². The SMILES string of the molecule is CCCCC[C@@H](C)[C@H]1ON2C(=O)[C@H](C(C)C)N(C)C(=O)[C@H](CC(C)C)N(C)C(=O)[C@H](CC(C)C)N(C)C(=O)[C@@H](C)NC(=O)[C@H](C)CC(=O)[C@H](CC(C)C)N(C)C(=O)[C@H](C(C)C)CC(=O)[C@H]([C@@H](C)OCCCCN3CCOCC3)N(C)C(=O)[C@@H](C)N(C)C(=O)[C@H](CC)NC(=O)[C@H]12. The number of unbranched alkanes of at least 4 members (excludes halogenated alkanes) is 3. The Morgan fingerprint density at radius 3 is 1.57 bits per heavy atom. The number of ether oxygens (including phenoxy) is 2. The topological polar surface area (TPSA) is 265 Å². The fourth-order valence-corrected chi connectivity index (χ4v) is 13.4. The summed E-state index contributed by atoms with van der Waals surface area (Å²) in [4.78, 5) is 180. The molecule has 0 aromatic rings. The lowest BCUT2D eigenvalue weighted by molar-refractivity contribution is -0.322. The summed E-state index contributed by atoms with van der Waals surface area (Å²) in [6.45, 7) is 34.7. The Morgan fingerprint density at radius 1 is 0.516 bits per heavy atom. The van der Waals surface area contributed by atoms with E-state index in [1.54, 1.807) is 34.6 Å². The average Bonchev–Trinajstić information content (AvgIpc) is 0.758. The lowest BCUT2D eigenvalue weighted by Crippen LogP contribution is -2.72. The van der Waals surface area contributed by atoms with Gasteiger partial charge in [-0.2, -0.15) is 0 Å². The third-order valence-corrected chi connectivity index (χ3v) is 19.7. The Bertz CT molecular complexity index is 2560. The first-order valence-corrected chi connectivity index (χ1v) is 35.6. The van der Waals surface area contributed by atoms with Gasteiger partial charge >= 0.3 is 0 Å². The maximum atomic E-state index is 15.2. The van der Waals surface area contributed by atoms with Crippen LogP contribution in [0.3, 0.4) is 0 Å². The summed E-state index contributed by atoms with van der Waals surface area (Å²) in [6.07, 6.45) is 3.16. The van der Waals surface area contributed by atoms with Gasteiger partial charge in [0.05, 0.1) is 25.4 Å². The quantitative estimate of drug-likeness (QED) is 0.120. The number of hydrogen-bond acceptors (Lipinski definition) is 15. The first kappa shape index (κ1) is 83.6. The van der Waals surface area contributed by atoms with Gasteiger partial charge in [-0.3, -0.25) is 62.5 Å². The van der Waals surface area contributed by atoms with Gasteiger partial charge < -0.3 is 49.5 Å². The Kier molecular flexibility index (Phi) is 34.4. The maximum Gasteiger partial charge on any atom is 0.270 e. The van der Waals surface area contributed by atoms with Gasteiger partial charge in [-0.1, -0.05) is 116 Å². The molecule has 3 heterocycles. The molecule has 9 amide bonds. The van der Waals surface area contributed by atoms with Crippen LogP contribution in [0.25, 0.3) is 0 Å². The Hall–Kier alpha value is -5.59. The number of fused-ring (bicyclic) bond motifs is 1. The fourth-order valence-electron chi connectivity index (χ4n) is 13.4. The van der Waals surface area contributed by atoms with Crippen molar-refractivity contribution >= 4 is 64.7 Å². The number of ketones is 2. The molecule has 0 bridgehead atoms. The molecule has 0 aliphatic carbocycles. The van der Waals surface area contributed by atoms with Gasteiger partial charge in [0.1, 0.15) is 48.4 Å². The van der Waals surface area contributed by atoms with Crippen LogP contribution < -0.4 is 10.6 Å². The molecule has 2 N–H and O–H groups in total. The van der Waals surface area contributed by atoms with Gasteiger partial charge in [0.15, 0.2) is 17.6 Å². The molecule has 3 saturated heterocycles. The molecule has 3 aliphatic heterocycles. The lowest BCUT2D eigenvalue weighted by Gasteiger charge is -2.50. The molecule has 0 radical (unpaired) electrons. The zero-order valence-corrected chi connectivity index (χ0v) is 62.5. The summed E-state index contributed by atoms with van der Waals surface area (Å²) >= 11 is 0. The molecule has 0 saturated carbocycles. The number of carbonyl (C=O) groups is 11. The number of nitrogens with one attached hydrogen (secondary N) is 2. The number of morpholine rings is 1. The summed E-state index contributed by atoms with van der Waals surface area (Å²) in [6, 6.07) is -10.5. The summed E-state index contributed by atoms with van der Waals surface area (Å²) in [7, 11) is 8.89. The largest absolute Gasteiger partial charge is 0.379 e. The van der Waals surface area contributed by atoms with Crippen LogP contribution in [0.1, 0.15) is 195 Å². The number of hydroxylamine groups is 2. The summed E-state index contributed by atoms with van der Waals surface area (Å²) < 4.78 is 11.9. The third kappa shape index (κ3) is 23.0. The predicted octanol–water partition coefficient (Wildman–Crippen LogP) is 6.25. The Balaban J connectivity index is 2.28. The van der Waals surface area contributed by atoms with Crippen LogP contribution >= 0.6 is 0 Å². The first-order valence-electron chi connectivity index (χ1n) is 35.6. The number of nitrogens with zero attached hydrogens (tertiary/aromatic N) is 8. The monoisotopic (exact) mass is 1340 g/mol. The van der Waals surface area contributed by atoms with Crippen LogP contribution in [-0.2, 0) is 67.1 Å². The van der Waals surface area contributed by atoms with Gasteiger partial charge in [0.2, 0.25) is 47.3 Å². The van der Waals surface area contributed by atoms with Crippen LogP contribution in [0.2, 0.25) is 0 Å². The molecule has 0 unspecified atom stereocenters. The minimum atomic E-state index is -1.25. The van der Waals surface area contributed by atoms with Gasteiger partial charge in [-0.25, -0.2) is 5.06 Å². The fraction of sp³-hybridized carbons (Fsp3) is 0.845. The molecule has 0 aromatic heterocycles. The molecule has 3 rings (SSSR count). The van der Waals surface area contributed by atoms with E-state index in [1.165, 1.54) is 85.5 Å². The minimum absolute atomic E-state index is 0.0779. The molecule has 544 valence electrons. The van der Waals surface area contributed by atoms with Gasteiger partial charge in [-0.05, 0) is 108 Å². The highest BCUT2D eigenvalue weighted by Crippen LogP contribution is 2.35. The zero-order chi connectivity index (χ0) is 72.2.